The van der Waals surface area contributed by atoms with Crippen LogP contribution < -0.4 is 0 Å². The van der Waals surface area contributed by atoms with Crippen LogP contribution in [-0.4, -0.2) is 25.3 Å². The summed E-state index contributed by atoms with van der Waals surface area (Å²) in [6.45, 7) is -0.108. The molecule has 44 valence electrons. The number of tetrazole rings is 1. The molecule has 8 heavy (non-hydrogen) atoms. The molecule has 0 saturated heterocycles. The molecule has 1 rings (SSSR count). The minimum atomic E-state index is -0.108. The average Bonchev–Trinajstić information content (AvgIpc) is 2.14. The van der Waals surface area contributed by atoms with Gasteiger partial charge in [-0.1, -0.05) is 0 Å². The number of hydrogen-bond acceptors (Lipinski definition) is 4. The van der Waals surface area contributed by atoms with Crippen molar-refractivity contribution < 1.29 is 5.11 Å². The maximum absolute atomic E-state index is 8.44. The van der Waals surface area contributed by atoms with Crippen molar-refractivity contribution in [1.29, 1.82) is 0 Å². The topological polar surface area (TPSA) is 63.8 Å². The molecule has 0 aliphatic heterocycles. The van der Waals surface area contributed by atoms with Crippen LogP contribution in [0.3, 0.4) is 0 Å². The molecule has 0 aliphatic carbocycles. The smallest absolute Gasteiger partial charge is 0.176 e. The van der Waals surface area contributed by atoms with E-state index in [2.05, 4.69) is 15.5 Å². The lowest BCUT2D eigenvalue weighted by molar-refractivity contribution is 0.265. The van der Waals surface area contributed by atoms with Gasteiger partial charge in [-0.2, -0.15) is 0 Å². The largest absolute Gasteiger partial charge is 0.388 e. The van der Waals surface area contributed by atoms with Gasteiger partial charge in [-0.05, 0) is 10.4 Å². The number of aliphatic hydroxyl groups excluding tert-OH is 1. The Balaban J connectivity index is 2.92. The van der Waals surface area contributed by atoms with Crippen LogP contribution in [0.5, 0.6) is 0 Å². The van der Waals surface area contributed by atoms with E-state index in [9.17, 15) is 0 Å². The molecular formula is C3H6N4O. The monoisotopic (exact) mass is 114 g/mol. The molecule has 1 N–H and O–H groups in total. The Labute approximate surface area is 45.9 Å². The fourth-order valence-electron chi connectivity index (χ4n) is 0.382. The van der Waals surface area contributed by atoms with Crippen molar-refractivity contribution in [2.45, 2.75) is 6.61 Å². The van der Waals surface area contributed by atoms with Gasteiger partial charge in [0.1, 0.15) is 6.61 Å². The van der Waals surface area contributed by atoms with E-state index in [0.717, 1.165) is 0 Å². The molecule has 0 radical (unpaired) electrons. The summed E-state index contributed by atoms with van der Waals surface area (Å²) < 4.78 is 1.42. The van der Waals surface area contributed by atoms with Crippen molar-refractivity contribution in [2.75, 3.05) is 0 Å². The van der Waals surface area contributed by atoms with Crippen LogP contribution in [0.15, 0.2) is 0 Å². The van der Waals surface area contributed by atoms with Crippen molar-refractivity contribution in [3.63, 3.8) is 0 Å². The van der Waals surface area contributed by atoms with E-state index in [0.29, 0.717) is 5.82 Å². The van der Waals surface area contributed by atoms with E-state index >= 15 is 0 Å². The zero-order chi connectivity index (χ0) is 5.98. The summed E-state index contributed by atoms with van der Waals surface area (Å²) >= 11 is 0. The highest BCUT2D eigenvalue weighted by molar-refractivity contribution is 4.72. The first-order valence-corrected chi connectivity index (χ1v) is 2.16. The van der Waals surface area contributed by atoms with Crippen LogP contribution in [0.4, 0.5) is 0 Å². The Hall–Kier alpha value is -0.970. The lowest BCUT2D eigenvalue weighted by Crippen LogP contribution is -1.97. The third-order valence-corrected chi connectivity index (χ3v) is 0.849. The minimum Gasteiger partial charge on any atom is -0.388 e. The van der Waals surface area contributed by atoms with Crippen LogP contribution in [0, 0.1) is 0 Å². The molecule has 5 heteroatoms. The SMILES string of the molecule is Cn1nnnc1CO. The predicted molar refractivity (Wildman–Crippen MR) is 24.7 cm³/mol. The highest BCUT2D eigenvalue weighted by Crippen LogP contribution is 1.83. The van der Waals surface area contributed by atoms with Crippen LogP contribution in [0.1, 0.15) is 5.82 Å². The molecule has 5 nitrogen and oxygen atoms in total. The molecule has 0 atom stereocenters. The summed E-state index contributed by atoms with van der Waals surface area (Å²) in [5, 5.41) is 18.7. The van der Waals surface area contributed by atoms with Crippen molar-refractivity contribution in [3.8, 4) is 0 Å². The zero-order valence-electron chi connectivity index (χ0n) is 4.44. The molecule has 0 saturated carbocycles. The van der Waals surface area contributed by atoms with Crippen molar-refractivity contribution >= 4 is 0 Å². The molecule has 0 amide bonds. The molecular weight excluding hydrogens is 108 g/mol. The number of hydrogen-bond donors (Lipinski definition) is 1. The second kappa shape index (κ2) is 1.87. The van der Waals surface area contributed by atoms with Gasteiger partial charge in [-0.3, -0.25) is 0 Å². The molecule has 1 aromatic heterocycles. The predicted octanol–water partition coefficient (Wildman–Crippen LogP) is -1.30. The third-order valence-electron chi connectivity index (χ3n) is 0.849. The quantitative estimate of drug-likeness (QED) is 0.493. The zero-order valence-corrected chi connectivity index (χ0v) is 4.44. The van der Waals surface area contributed by atoms with Crippen molar-refractivity contribution in [1.82, 2.24) is 20.2 Å². The molecule has 0 fully saturated rings. The standard InChI is InChI=1S/C3H6N4O/c1-7-3(2-8)4-5-6-7/h8H,2H2,1H3. The van der Waals surface area contributed by atoms with Crippen molar-refractivity contribution in [3.05, 3.63) is 5.82 Å². The van der Waals surface area contributed by atoms with E-state index in [-0.39, 0.29) is 6.61 Å². The fraction of sp³-hybridized carbons (Fsp3) is 0.667. The summed E-state index contributed by atoms with van der Waals surface area (Å²) in [5.41, 5.74) is 0. The van der Waals surface area contributed by atoms with E-state index in [1.54, 1.807) is 7.05 Å². The lowest BCUT2D eigenvalue weighted by Gasteiger charge is -1.87. The number of aromatic nitrogens is 4. The Bertz CT molecular complexity index is 172. The van der Waals surface area contributed by atoms with Gasteiger partial charge in [0.2, 0.25) is 0 Å². The second-order valence-electron chi connectivity index (χ2n) is 1.38. The van der Waals surface area contributed by atoms with Crippen LogP contribution in [0.2, 0.25) is 0 Å². The van der Waals surface area contributed by atoms with Crippen molar-refractivity contribution in [2.24, 2.45) is 7.05 Å². The Morgan fingerprint density at radius 2 is 2.50 bits per heavy atom. The summed E-state index contributed by atoms with van der Waals surface area (Å²) in [4.78, 5) is 0. The van der Waals surface area contributed by atoms with Gasteiger partial charge in [0.15, 0.2) is 5.82 Å². The lowest BCUT2D eigenvalue weighted by atomic mass is 10.7. The second-order valence-corrected chi connectivity index (χ2v) is 1.38. The van der Waals surface area contributed by atoms with E-state index in [4.69, 9.17) is 5.11 Å². The third kappa shape index (κ3) is 0.671. The Morgan fingerprint density at radius 3 is 2.75 bits per heavy atom. The number of nitrogens with zero attached hydrogens (tertiary/aromatic N) is 4. The van der Waals surface area contributed by atoms with E-state index < -0.39 is 0 Å². The molecule has 1 heterocycles. The van der Waals surface area contributed by atoms with Gasteiger partial charge < -0.3 is 5.11 Å². The molecule has 0 aliphatic rings. The average molecular weight is 114 g/mol. The van der Waals surface area contributed by atoms with Gasteiger partial charge in [-0.25, -0.2) is 4.68 Å². The first-order chi connectivity index (χ1) is 3.84. The van der Waals surface area contributed by atoms with E-state index in [1.807, 2.05) is 0 Å². The van der Waals surface area contributed by atoms with Gasteiger partial charge in [0.25, 0.3) is 0 Å². The molecule has 0 aromatic carbocycles. The maximum atomic E-state index is 8.44. The summed E-state index contributed by atoms with van der Waals surface area (Å²) in [6.07, 6.45) is 0. The van der Waals surface area contributed by atoms with Crippen LogP contribution >= 0.6 is 0 Å². The number of aryl methyl sites for hydroxylation is 1. The van der Waals surface area contributed by atoms with Gasteiger partial charge in [-0.15, -0.1) is 5.10 Å². The van der Waals surface area contributed by atoms with Gasteiger partial charge in [0.05, 0.1) is 0 Å². The van der Waals surface area contributed by atoms with Crippen LogP contribution in [-0.2, 0) is 13.7 Å². The number of aliphatic hydroxyl groups is 1. The normalized spacial score (nSPS) is 9.75. The first kappa shape index (κ1) is 5.17. The Kier molecular flexibility index (Phi) is 1.21. The first-order valence-electron chi connectivity index (χ1n) is 2.16. The van der Waals surface area contributed by atoms with Crippen LogP contribution in [0.25, 0.3) is 0 Å². The summed E-state index contributed by atoms with van der Waals surface area (Å²) in [6, 6.07) is 0. The molecule has 0 spiro atoms. The van der Waals surface area contributed by atoms with Gasteiger partial charge in [0, 0.05) is 7.05 Å². The van der Waals surface area contributed by atoms with E-state index in [1.165, 1.54) is 4.68 Å². The summed E-state index contributed by atoms with van der Waals surface area (Å²) in [5.74, 6) is 0.477. The minimum absolute atomic E-state index is 0.108. The summed E-state index contributed by atoms with van der Waals surface area (Å²) in [7, 11) is 1.67. The molecule has 0 bridgehead atoms. The molecule has 0 unspecified atom stereocenters. The number of rotatable bonds is 1. The Morgan fingerprint density at radius 1 is 1.75 bits per heavy atom. The highest BCUT2D eigenvalue weighted by Gasteiger charge is 1.95. The molecule has 1 aromatic rings. The maximum Gasteiger partial charge on any atom is 0.176 e. The fourth-order valence-corrected chi connectivity index (χ4v) is 0.382. The highest BCUT2D eigenvalue weighted by atomic mass is 16.3. The van der Waals surface area contributed by atoms with Gasteiger partial charge >= 0.3 is 0 Å².